The topological polar surface area (TPSA) is 67.2 Å². The first kappa shape index (κ1) is 21.1. The minimum absolute atomic E-state index is 0.0119. The summed E-state index contributed by atoms with van der Waals surface area (Å²) in [6.45, 7) is 3.54. The van der Waals surface area contributed by atoms with Crippen molar-refractivity contribution in [2.24, 2.45) is 5.92 Å². The van der Waals surface area contributed by atoms with Gasteiger partial charge in [0.25, 0.3) is 5.91 Å². The molecule has 1 fully saturated rings. The predicted molar refractivity (Wildman–Crippen MR) is 121 cm³/mol. The van der Waals surface area contributed by atoms with Gasteiger partial charge in [-0.25, -0.2) is 4.68 Å². The normalized spacial score (nSPS) is 16.2. The first-order chi connectivity index (χ1) is 15.1. The van der Waals surface area contributed by atoms with Crippen molar-refractivity contribution in [3.8, 4) is 16.9 Å². The van der Waals surface area contributed by atoms with E-state index in [0.717, 1.165) is 24.1 Å². The van der Waals surface area contributed by atoms with Gasteiger partial charge < -0.3 is 10.2 Å². The summed E-state index contributed by atoms with van der Waals surface area (Å²) in [6.07, 6.45) is 3.37. The number of rotatable bonds is 5. The molecule has 0 bridgehead atoms. The van der Waals surface area contributed by atoms with E-state index in [9.17, 15) is 9.59 Å². The summed E-state index contributed by atoms with van der Waals surface area (Å²) < 4.78 is 1.72. The van der Waals surface area contributed by atoms with Crippen LogP contribution in [0.1, 0.15) is 30.1 Å². The zero-order valence-corrected chi connectivity index (χ0v) is 18.2. The quantitative estimate of drug-likeness (QED) is 0.652. The Kier molecular flexibility index (Phi) is 6.37. The number of amides is 2. The van der Waals surface area contributed by atoms with Crippen LogP contribution in [-0.2, 0) is 4.79 Å². The molecular weight excluding hydrogens is 412 g/mol. The van der Waals surface area contributed by atoms with Crippen molar-refractivity contribution in [2.75, 3.05) is 19.6 Å². The van der Waals surface area contributed by atoms with E-state index < -0.39 is 0 Å². The number of nitrogens with zero attached hydrogens (tertiary/aromatic N) is 3. The largest absolute Gasteiger partial charge is 0.356 e. The molecule has 0 spiro atoms. The highest BCUT2D eigenvalue weighted by Crippen LogP contribution is 2.28. The first-order valence-corrected chi connectivity index (χ1v) is 10.9. The van der Waals surface area contributed by atoms with E-state index in [4.69, 9.17) is 16.7 Å². The average Bonchev–Trinajstić information content (AvgIpc) is 3.25. The molecule has 2 heterocycles. The summed E-state index contributed by atoms with van der Waals surface area (Å²) >= 11 is 6.06. The highest BCUT2D eigenvalue weighted by Gasteiger charge is 2.31. The van der Waals surface area contributed by atoms with Crippen molar-refractivity contribution in [1.82, 2.24) is 20.0 Å². The third kappa shape index (κ3) is 4.64. The van der Waals surface area contributed by atoms with Gasteiger partial charge in [-0.2, -0.15) is 5.10 Å². The average molecular weight is 437 g/mol. The van der Waals surface area contributed by atoms with Gasteiger partial charge in [-0.05, 0) is 44.0 Å². The van der Waals surface area contributed by atoms with Crippen LogP contribution in [0.15, 0.2) is 60.8 Å². The standard InChI is InChI=1S/C24H25ClN4O2/c1-2-26-23(30)18-7-6-14-28(15-18)24(31)21-16-29(20-8-4-3-5-9-20)27-22(21)17-10-12-19(25)13-11-17/h3-5,8-13,16,18H,2,6-7,14-15H2,1H3,(H,26,30). The molecule has 1 N–H and O–H groups in total. The Morgan fingerprint density at radius 1 is 1.13 bits per heavy atom. The zero-order valence-electron chi connectivity index (χ0n) is 17.4. The second-order valence-electron chi connectivity index (χ2n) is 7.66. The van der Waals surface area contributed by atoms with Crippen molar-refractivity contribution in [3.05, 3.63) is 71.4 Å². The number of benzene rings is 2. The van der Waals surface area contributed by atoms with Crippen LogP contribution < -0.4 is 5.32 Å². The van der Waals surface area contributed by atoms with Gasteiger partial charge in [-0.1, -0.05) is 41.9 Å². The second-order valence-corrected chi connectivity index (χ2v) is 8.10. The molecule has 1 unspecified atom stereocenters. The molecule has 0 saturated carbocycles. The number of para-hydroxylation sites is 1. The molecule has 0 radical (unpaired) electrons. The number of hydrogen-bond acceptors (Lipinski definition) is 3. The molecule has 31 heavy (non-hydrogen) atoms. The van der Waals surface area contributed by atoms with Gasteiger partial charge in [0.15, 0.2) is 0 Å². The molecule has 160 valence electrons. The highest BCUT2D eigenvalue weighted by molar-refractivity contribution is 6.30. The van der Waals surface area contributed by atoms with E-state index >= 15 is 0 Å². The molecule has 1 aromatic heterocycles. The number of halogens is 1. The lowest BCUT2D eigenvalue weighted by Crippen LogP contribution is -2.45. The fourth-order valence-electron chi connectivity index (χ4n) is 3.93. The Labute approximate surface area is 186 Å². The van der Waals surface area contributed by atoms with E-state index in [1.165, 1.54) is 0 Å². The van der Waals surface area contributed by atoms with Crippen molar-refractivity contribution >= 4 is 23.4 Å². The fraction of sp³-hybridized carbons (Fsp3) is 0.292. The Hall–Kier alpha value is -3.12. The van der Waals surface area contributed by atoms with E-state index in [1.807, 2.05) is 49.4 Å². The number of hydrogen-bond donors (Lipinski definition) is 1. The zero-order chi connectivity index (χ0) is 21.8. The first-order valence-electron chi connectivity index (χ1n) is 10.5. The summed E-state index contributed by atoms with van der Waals surface area (Å²) in [5, 5.41) is 8.23. The van der Waals surface area contributed by atoms with Crippen LogP contribution in [-0.4, -0.2) is 46.1 Å². The maximum Gasteiger partial charge on any atom is 0.257 e. The lowest BCUT2D eigenvalue weighted by molar-refractivity contribution is -0.126. The van der Waals surface area contributed by atoms with Gasteiger partial charge in [0, 0.05) is 36.4 Å². The monoisotopic (exact) mass is 436 g/mol. The fourth-order valence-corrected chi connectivity index (χ4v) is 4.05. The number of aromatic nitrogens is 2. The molecule has 6 nitrogen and oxygen atoms in total. The van der Waals surface area contributed by atoms with Crippen LogP contribution in [0.2, 0.25) is 5.02 Å². The number of carbonyl (C=O) groups is 2. The summed E-state index contributed by atoms with van der Waals surface area (Å²) in [5.41, 5.74) is 2.81. The van der Waals surface area contributed by atoms with Gasteiger partial charge in [0.2, 0.25) is 5.91 Å². The number of carbonyl (C=O) groups excluding carboxylic acids is 2. The van der Waals surface area contributed by atoms with Crippen molar-refractivity contribution in [1.29, 1.82) is 0 Å². The van der Waals surface area contributed by atoms with Crippen LogP contribution in [0.4, 0.5) is 0 Å². The van der Waals surface area contributed by atoms with Crippen LogP contribution in [0.25, 0.3) is 16.9 Å². The van der Waals surface area contributed by atoms with Gasteiger partial charge in [0.05, 0.1) is 17.2 Å². The summed E-state index contributed by atoms with van der Waals surface area (Å²) in [4.78, 5) is 27.7. The molecular formula is C24H25ClN4O2. The van der Waals surface area contributed by atoms with E-state index in [0.29, 0.717) is 35.9 Å². The smallest absolute Gasteiger partial charge is 0.257 e. The van der Waals surface area contributed by atoms with Crippen molar-refractivity contribution < 1.29 is 9.59 Å². The number of nitrogens with one attached hydrogen (secondary N) is 1. The van der Waals surface area contributed by atoms with Crippen molar-refractivity contribution in [2.45, 2.75) is 19.8 Å². The summed E-state index contributed by atoms with van der Waals surface area (Å²) in [7, 11) is 0. The van der Waals surface area contributed by atoms with Gasteiger partial charge in [-0.15, -0.1) is 0 Å². The van der Waals surface area contributed by atoms with E-state index in [1.54, 1.807) is 27.9 Å². The molecule has 1 atom stereocenters. The molecule has 2 amide bonds. The van der Waals surface area contributed by atoms with Crippen LogP contribution >= 0.6 is 11.6 Å². The third-order valence-corrected chi connectivity index (χ3v) is 5.77. The number of piperidine rings is 1. The molecule has 1 aliphatic rings. The minimum Gasteiger partial charge on any atom is -0.356 e. The highest BCUT2D eigenvalue weighted by atomic mass is 35.5. The Balaban J connectivity index is 1.69. The molecule has 1 aliphatic heterocycles. The molecule has 4 rings (SSSR count). The maximum atomic E-state index is 13.5. The summed E-state index contributed by atoms with van der Waals surface area (Å²) in [6, 6.07) is 17.0. The van der Waals surface area contributed by atoms with Crippen molar-refractivity contribution in [3.63, 3.8) is 0 Å². The molecule has 0 aliphatic carbocycles. The molecule has 1 saturated heterocycles. The Morgan fingerprint density at radius 2 is 1.87 bits per heavy atom. The molecule has 3 aromatic rings. The lowest BCUT2D eigenvalue weighted by atomic mass is 9.96. The van der Waals surface area contributed by atoms with Crippen LogP contribution in [0.3, 0.4) is 0 Å². The molecule has 7 heteroatoms. The predicted octanol–water partition coefficient (Wildman–Crippen LogP) is 4.18. The van der Waals surface area contributed by atoms with Gasteiger partial charge in [-0.3, -0.25) is 9.59 Å². The van der Waals surface area contributed by atoms with E-state index in [-0.39, 0.29) is 17.7 Å². The second kappa shape index (κ2) is 9.35. The van der Waals surface area contributed by atoms with Gasteiger partial charge >= 0.3 is 0 Å². The third-order valence-electron chi connectivity index (χ3n) is 5.51. The SMILES string of the molecule is CCNC(=O)C1CCCN(C(=O)c2cn(-c3ccccc3)nc2-c2ccc(Cl)cc2)C1. The Bertz CT molecular complexity index is 1060. The maximum absolute atomic E-state index is 13.5. The lowest BCUT2D eigenvalue weighted by Gasteiger charge is -2.32. The minimum atomic E-state index is -0.180. The van der Waals surface area contributed by atoms with Crippen LogP contribution in [0.5, 0.6) is 0 Å². The van der Waals surface area contributed by atoms with E-state index in [2.05, 4.69) is 5.32 Å². The number of likely N-dealkylation sites (tertiary alicyclic amines) is 1. The summed E-state index contributed by atoms with van der Waals surface area (Å²) in [5.74, 6) is -0.278. The van der Waals surface area contributed by atoms with Gasteiger partial charge in [0.1, 0.15) is 5.69 Å². The Morgan fingerprint density at radius 3 is 2.58 bits per heavy atom. The van der Waals surface area contributed by atoms with Crippen LogP contribution in [0, 0.1) is 5.92 Å². The molecule has 2 aromatic carbocycles.